The van der Waals surface area contributed by atoms with Gasteiger partial charge in [-0.2, -0.15) is 0 Å². The average Bonchev–Trinajstić information content (AvgIpc) is 2.62. The van der Waals surface area contributed by atoms with Gasteiger partial charge in [0, 0.05) is 32.6 Å². The van der Waals surface area contributed by atoms with E-state index in [1.54, 1.807) is 4.90 Å². The van der Waals surface area contributed by atoms with Gasteiger partial charge in [-0.1, -0.05) is 20.3 Å². The third-order valence-corrected chi connectivity index (χ3v) is 3.72. The Labute approximate surface area is 128 Å². The van der Waals surface area contributed by atoms with E-state index < -0.39 is 5.60 Å². The van der Waals surface area contributed by atoms with Crippen molar-refractivity contribution < 1.29 is 14.3 Å². The maximum absolute atomic E-state index is 12.2. The lowest BCUT2D eigenvalue weighted by atomic mass is 10.0. The number of rotatable bonds is 3. The van der Waals surface area contributed by atoms with Crippen molar-refractivity contribution in [2.75, 3.05) is 26.2 Å². The van der Waals surface area contributed by atoms with E-state index in [2.05, 4.69) is 13.8 Å². The summed E-state index contributed by atoms with van der Waals surface area (Å²) in [6.07, 6.45) is 2.15. The molecule has 0 saturated carbocycles. The summed E-state index contributed by atoms with van der Waals surface area (Å²) in [5, 5.41) is 0. The summed E-state index contributed by atoms with van der Waals surface area (Å²) >= 11 is 0. The first-order valence-electron chi connectivity index (χ1n) is 7.98. The Kier molecular flexibility index (Phi) is 6.49. The molecule has 0 aromatic carbocycles. The second-order valence-electron chi connectivity index (χ2n) is 6.92. The molecule has 1 heterocycles. The number of hydrogen-bond donors (Lipinski definition) is 0. The molecular formula is C16H30N2O3. The molecule has 1 saturated heterocycles. The molecule has 0 N–H and O–H groups in total. The van der Waals surface area contributed by atoms with Crippen LogP contribution in [-0.2, 0) is 9.53 Å². The number of nitrogens with zero attached hydrogens (tertiary/aromatic N) is 2. The lowest BCUT2D eigenvalue weighted by Gasteiger charge is -2.26. The van der Waals surface area contributed by atoms with Crippen molar-refractivity contribution in [3.05, 3.63) is 0 Å². The molecule has 0 unspecified atom stereocenters. The zero-order chi connectivity index (χ0) is 16.0. The number of carbonyl (C=O) groups is 2. The van der Waals surface area contributed by atoms with E-state index in [-0.39, 0.29) is 12.0 Å². The summed E-state index contributed by atoms with van der Waals surface area (Å²) in [6, 6.07) is 0. The van der Waals surface area contributed by atoms with Crippen molar-refractivity contribution in [1.29, 1.82) is 0 Å². The molecular weight excluding hydrogens is 268 g/mol. The van der Waals surface area contributed by atoms with Gasteiger partial charge in [-0.05, 0) is 33.1 Å². The lowest BCUT2D eigenvalue weighted by Crippen LogP contribution is -2.40. The highest BCUT2D eigenvalue weighted by molar-refractivity contribution is 5.76. The molecule has 0 aromatic rings. The van der Waals surface area contributed by atoms with Crippen molar-refractivity contribution in [2.24, 2.45) is 5.92 Å². The molecule has 5 nitrogen and oxygen atoms in total. The van der Waals surface area contributed by atoms with Crippen LogP contribution in [0, 0.1) is 5.92 Å². The Hall–Kier alpha value is -1.26. The summed E-state index contributed by atoms with van der Waals surface area (Å²) in [7, 11) is 0. The van der Waals surface area contributed by atoms with Crippen molar-refractivity contribution in [1.82, 2.24) is 9.80 Å². The minimum absolute atomic E-state index is 0.204. The highest BCUT2D eigenvalue weighted by atomic mass is 16.6. The van der Waals surface area contributed by atoms with Crippen LogP contribution in [0.15, 0.2) is 0 Å². The van der Waals surface area contributed by atoms with Gasteiger partial charge in [0.2, 0.25) is 5.91 Å². The van der Waals surface area contributed by atoms with Crippen molar-refractivity contribution in [3.63, 3.8) is 0 Å². The maximum atomic E-state index is 12.2. The topological polar surface area (TPSA) is 49.9 Å². The molecule has 1 aliphatic rings. The molecule has 1 atom stereocenters. The van der Waals surface area contributed by atoms with Crippen LogP contribution in [0.5, 0.6) is 0 Å². The van der Waals surface area contributed by atoms with Gasteiger partial charge in [0.05, 0.1) is 0 Å². The Morgan fingerprint density at radius 1 is 1.10 bits per heavy atom. The Morgan fingerprint density at radius 2 is 1.67 bits per heavy atom. The second kappa shape index (κ2) is 7.66. The number of amides is 2. The number of hydrogen-bond acceptors (Lipinski definition) is 3. The molecule has 1 fully saturated rings. The van der Waals surface area contributed by atoms with Crippen LogP contribution in [0.4, 0.5) is 4.79 Å². The molecule has 1 rings (SSSR count). The van der Waals surface area contributed by atoms with Gasteiger partial charge in [-0.25, -0.2) is 4.79 Å². The zero-order valence-corrected chi connectivity index (χ0v) is 14.1. The van der Waals surface area contributed by atoms with Crippen molar-refractivity contribution >= 4 is 12.0 Å². The third-order valence-electron chi connectivity index (χ3n) is 3.72. The van der Waals surface area contributed by atoms with E-state index in [9.17, 15) is 9.59 Å². The van der Waals surface area contributed by atoms with Crippen LogP contribution in [0.2, 0.25) is 0 Å². The van der Waals surface area contributed by atoms with Crippen LogP contribution in [0.3, 0.4) is 0 Å². The Bertz CT molecular complexity index is 363. The third kappa shape index (κ3) is 6.36. The molecule has 0 spiro atoms. The summed E-state index contributed by atoms with van der Waals surface area (Å²) in [5.41, 5.74) is -0.477. The first kappa shape index (κ1) is 17.8. The SMILES string of the molecule is CC[C@@H](C)CC(=O)N1CCCN(C(=O)OC(C)(C)C)CC1. The van der Waals surface area contributed by atoms with Gasteiger partial charge in [0.25, 0.3) is 0 Å². The van der Waals surface area contributed by atoms with Crippen LogP contribution in [-0.4, -0.2) is 53.6 Å². The van der Waals surface area contributed by atoms with Crippen LogP contribution in [0.1, 0.15) is 53.9 Å². The second-order valence-corrected chi connectivity index (χ2v) is 6.92. The smallest absolute Gasteiger partial charge is 0.410 e. The van der Waals surface area contributed by atoms with Crippen molar-refractivity contribution in [3.8, 4) is 0 Å². The predicted octanol–water partition coefficient (Wildman–Crippen LogP) is 2.89. The zero-order valence-electron chi connectivity index (χ0n) is 14.1. The highest BCUT2D eigenvalue weighted by Gasteiger charge is 2.26. The van der Waals surface area contributed by atoms with E-state index in [4.69, 9.17) is 4.74 Å². The summed E-state index contributed by atoms with van der Waals surface area (Å²) < 4.78 is 5.39. The Balaban J connectivity index is 2.50. The van der Waals surface area contributed by atoms with Gasteiger partial charge in [-0.3, -0.25) is 4.79 Å². The van der Waals surface area contributed by atoms with E-state index in [0.717, 1.165) is 19.4 Å². The molecule has 0 bridgehead atoms. The van der Waals surface area contributed by atoms with Crippen LogP contribution in [0.25, 0.3) is 0 Å². The fourth-order valence-electron chi connectivity index (χ4n) is 2.25. The van der Waals surface area contributed by atoms with Gasteiger partial charge in [-0.15, -0.1) is 0 Å². The van der Waals surface area contributed by atoms with Gasteiger partial charge in [0.15, 0.2) is 0 Å². The van der Waals surface area contributed by atoms with Gasteiger partial charge < -0.3 is 14.5 Å². The fraction of sp³-hybridized carbons (Fsp3) is 0.875. The fourth-order valence-corrected chi connectivity index (χ4v) is 2.25. The van der Waals surface area contributed by atoms with E-state index >= 15 is 0 Å². The average molecular weight is 298 g/mol. The minimum Gasteiger partial charge on any atom is -0.444 e. The molecule has 2 amide bonds. The summed E-state index contributed by atoms with van der Waals surface area (Å²) in [5.74, 6) is 0.623. The van der Waals surface area contributed by atoms with Crippen LogP contribution < -0.4 is 0 Å². The van der Waals surface area contributed by atoms with Gasteiger partial charge >= 0.3 is 6.09 Å². The van der Waals surface area contributed by atoms with E-state index in [0.29, 0.717) is 32.0 Å². The molecule has 0 aromatic heterocycles. The van der Waals surface area contributed by atoms with Crippen LogP contribution >= 0.6 is 0 Å². The molecule has 1 aliphatic heterocycles. The standard InChI is InChI=1S/C16H30N2O3/c1-6-13(2)12-14(19)17-8-7-9-18(11-10-17)15(20)21-16(3,4)5/h13H,6-12H2,1-5H3/t13-/m1/s1. The van der Waals surface area contributed by atoms with Crippen molar-refractivity contribution in [2.45, 2.75) is 59.5 Å². The first-order chi connectivity index (χ1) is 9.73. The maximum Gasteiger partial charge on any atom is 0.410 e. The molecule has 0 radical (unpaired) electrons. The predicted molar refractivity (Wildman–Crippen MR) is 83.1 cm³/mol. The van der Waals surface area contributed by atoms with E-state index in [1.165, 1.54) is 0 Å². The minimum atomic E-state index is -0.477. The summed E-state index contributed by atoms with van der Waals surface area (Å²) in [6.45, 7) is 12.3. The number of carbonyl (C=O) groups excluding carboxylic acids is 2. The monoisotopic (exact) mass is 298 g/mol. The molecule has 21 heavy (non-hydrogen) atoms. The molecule has 5 heteroatoms. The highest BCUT2D eigenvalue weighted by Crippen LogP contribution is 2.14. The lowest BCUT2D eigenvalue weighted by molar-refractivity contribution is -0.132. The van der Waals surface area contributed by atoms with E-state index in [1.807, 2.05) is 25.7 Å². The Morgan fingerprint density at radius 3 is 2.24 bits per heavy atom. The number of ether oxygens (including phenoxy) is 1. The molecule has 0 aliphatic carbocycles. The first-order valence-corrected chi connectivity index (χ1v) is 7.98. The molecule has 122 valence electrons. The normalized spacial score (nSPS) is 18.1. The largest absolute Gasteiger partial charge is 0.444 e. The summed E-state index contributed by atoms with van der Waals surface area (Å²) in [4.78, 5) is 27.9. The van der Waals surface area contributed by atoms with Gasteiger partial charge in [0.1, 0.15) is 5.60 Å². The quantitative estimate of drug-likeness (QED) is 0.805.